The van der Waals surface area contributed by atoms with E-state index >= 15 is 0 Å². The van der Waals surface area contributed by atoms with Gasteiger partial charge >= 0.3 is 0 Å². The molecule has 0 saturated carbocycles. The van der Waals surface area contributed by atoms with Crippen LogP contribution in [0, 0.1) is 5.92 Å². The molecule has 13 heavy (non-hydrogen) atoms. The van der Waals surface area contributed by atoms with Crippen LogP contribution in [0.1, 0.15) is 24.2 Å². The van der Waals surface area contributed by atoms with Crippen molar-refractivity contribution < 1.29 is 9.53 Å². The van der Waals surface area contributed by atoms with Crippen LogP contribution in [0.2, 0.25) is 0 Å². The third-order valence-electron chi connectivity index (χ3n) is 1.66. The number of ketones is 1. The number of rotatable bonds is 3. The molecular weight excluding hydrogens is 168 g/mol. The van der Waals surface area contributed by atoms with E-state index in [1.165, 1.54) is 19.6 Å². The summed E-state index contributed by atoms with van der Waals surface area (Å²) in [6.45, 7) is 3.66. The van der Waals surface area contributed by atoms with Crippen LogP contribution in [0.4, 0.5) is 0 Å². The van der Waals surface area contributed by atoms with Crippen molar-refractivity contribution in [2.45, 2.75) is 13.8 Å². The SMILES string of the molecule is COc1ncncc1C(=O)C(C)C. The van der Waals surface area contributed by atoms with E-state index in [-0.39, 0.29) is 11.7 Å². The van der Waals surface area contributed by atoms with Crippen LogP contribution in [0.3, 0.4) is 0 Å². The van der Waals surface area contributed by atoms with E-state index in [4.69, 9.17) is 4.74 Å². The molecule has 70 valence electrons. The van der Waals surface area contributed by atoms with Crippen molar-refractivity contribution in [3.8, 4) is 5.88 Å². The van der Waals surface area contributed by atoms with Crippen LogP contribution in [0.15, 0.2) is 12.5 Å². The Kier molecular flexibility index (Phi) is 2.95. The van der Waals surface area contributed by atoms with Gasteiger partial charge in [0.2, 0.25) is 5.88 Å². The van der Waals surface area contributed by atoms with Crippen molar-refractivity contribution >= 4 is 5.78 Å². The number of nitrogens with zero attached hydrogens (tertiary/aromatic N) is 2. The maximum Gasteiger partial charge on any atom is 0.227 e. The first-order valence-electron chi connectivity index (χ1n) is 4.05. The largest absolute Gasteiger partial charge is 0.480 e. The first kappa shape index (κ1) is 9.64. The topological polar surface area (TPSA) is 52.1 Å². The molecule has 0 fully saturated rings. The standard InChI is InChI=1S/C9H12N2O2/c1-6(2)8(12)7-4-10-5-11-9(7)13-3/h4-6H,1-3H3. The number of hydrogen-bond acceptors (Lipinski definition) is 4. The lowest BCUT2D eigenvalue weighted by atomic mass is 10.0. The van der Waals surface area contributed by atoms with Gasteiger partial charge in [0.1, 0.15) is 6.33 Å². The quantitative estimate of drug-likeness (QED) is 0.658. The van der Waals surface area contributed by atoms with Crippen molar-refractivity contribution in [2.75, 3.05) is 7.11 Å². The number of methoxy groups -OCH3 is 1. The number of hydrogen-bond donors (Lipinski definition) is 0. The summed E-state index contributed by atoms with van der Waals surface area (Å²) in [6, 6.07) is 0. The second-order valence-electron chi connectivity index (χ2n) is 2.96. The highest BCUT2D eigenvalue weighted by atomic mass is 16.5. The molecule has 0 spiro atoms. The van der Waals surface area contributed by atoms with Gasteiger partial charge in [-0.05, 0) is 0 Å². The normalized spacial score (nSPS) is 10.2. The second-order valence-corrected chi connectivity index (χ2v) is 2.96. The minimum absolute atomic E-state index is 0.00236. The fraction of sp³-hybridized carbons (Fsp3) is 0.444. The van der Waals surface area contributed by atoms with Crippen LogP contribution in [0.5, 0.6) is 5.88 Å². The molecule has 1 heterocycles. The summed E-state index contributed by atoms with van der Waals surface area (Å²) in [5.41, 5.74) is 0.444. The average Bonchev–Trinajstić information content (AvgIpc) is 2.16. The Morgan fingerprint density at radius 2 is 2.23 bits per heavy atom. The molecule has 0 amide bonds. The van der Waals surface area contributed by atoms with E-state index in [0.717, 1.165) is 0 Å². The molecular formula is C9H12N2O2. The third-order valence-corrected chi connectivity index (χ3v) is 1.66. The Morgan fingerprint density at radius 3 is 2.77 bits per heavy atom. The van der Waals surface area contributed by atoms with Crippen molar-refractivity contribution in [1.82, 2.24) is 9.97 Å². The Balaban J connectivity index is 3.06. The molecule has 0 aliphatic carbocycles. The van der Waals surface area contributed by atoms with E-state index in [0.29, 0.717) is 11.4 Å². The summed E-state index contributed by atoms with van der Waals surface area (Å²) in [4.78, 5) is 19.2. The predicted octanol–water partition coefficient (Wildman–Crippen LogP) is 1.32. The highest BCUT2D eigenvalue weighted by molar-refractivity contribution is 5.99. The Labute approximate surface area is 77.0 Å². The Bertz CT molecular complexity index is 310. The minimum Gasteiger partial charge on any atom is -0.480 e. The lowest BCUT2D eigenvalue weighted by Crippen LogP contribution is -2.10. The number of carbonyl (C=O) groups is 1. The molecule has 4 nitrogen and oxygen atoms in total. The molecule has 1 rings (SSSR count). The van der Waals surface area contributed by atoms with Gasteiger partial charge in [0.05, 0.1) is 12.7 Å². The summed E-state index contributed by atoms with van der Waals surface area (Å²) in [5.74, 6) is 0.269. The molecule has 0 aliphatic heterocycles. The van der Waals surface area contributed by atoms with Gasteiger partial charge in [-0.15, -0.1) is 0 Å². The fourth-order valence-corrected chi connectivity index (χ4v) is 0.961. The van der Waals surface area contributed by atoms with Gasteiger partial charge in [-0.2, -0.15) is 0 Å². The van der Waals surface area contributed by atoms with Gasteiger partial charge < -0.3 is 4.74 Å². The summed E-state index contributed by atoms with van der Waals surface area (Å²) in [6.07, 6.45) is 2.84. The highest BCUT2D eigenvalue weighted by Crippen LogP contribution is 2.16. The molecule has 0 atom stereocenters. The number of ether oxygens (including phenoxy) is 1. The van der Waals surface area contributed by atoms with Gasteiger partial charge in [0.25, 0.3) is 0 Å². The van der Waals surface area contributed by atoms with Gasteiger partial charge in [0, 0.05) is 12.1 Å². The fourth-order valence-electron chi connectivity index (χ4n) is 0.961. The van der Waals surface area contributed by atoms with Gasteiger partial charge in [-0.1, -0.05) is 13.8 Å². The summed E-state index contributed by atoms with van der Waals surface area (Å²) in [5, 5.41) is 0. The van der Waals surface area contributed by atoms with Crippen LogP contribution in [0.25, 0.3) is 0 Å². The van der Waals surface area contributed by atoms with E-state index in [1.54, 1.807) is 0 Å². The van der Waals surface area contributed by atoms with Crippen LogP contribution >= 0.6 is 0 Å². The Hall–Kier alpha value is -1.45. The lowest BCUT2D eigenvalue weighted by Gasteiger charge is -2.06. The van der Waals surface area contributed by atoms with Crippen molar-refractivity contribution in [1.29, 1.82) is 0 Å². The molecule has 1 aromatic rings. The molecule has 0 bridgehead atoms. The summed E-state index contributed by atoms with van der Waals surface area (Å²) in [7, 11) is 1.49. The van der Waals surface area contributed by atoms with Crippen molar-refractivity contribution in [2.24, 2.45) is 5.92 Å². The molecule has 0 aliphatic rings. The van der Waals surface area contributed by atoms with Crippen molar-refractivity contribution in [3.63, 3.8) is 0 Å². The van der Waals surface area contributed by atoms with Gasteiger partial charge in [0.15, 0.2) is 5.78 Å². The summed E-state index contributed by atoms with van der Waals surface area (Å²) < 4.78 is 4.94. The van der Waals surface area contributed by atoms with Crippen LogP contribution < -0.4 is 4.74 Å². The maximum atomic E-state index is 11.6. The zero-order valence-corrected chi connectivity index (χ0v) is 7.94. The maximum absolute atomic E-state index is 11.6. The number of carbonyl (C=O) groups excluding carboxylic acids is 1. The van der Waals surface area contributed by atoms with Crippen LogP contribution in [-0.4, -0.2) is 22.9 Å². The number of Topliss-reactive ketones (excluding diaryl/α,β-unsaturated/α-hetero) is 1. The monoisotopic (exact) mass is 180 g/mol. The first-order chi connectivity index (χ1) is 6.16. The van der Waals surface area contributed by atoms with Crippen molar-refractivity contribution in [3.05, 3.63) is 18.1 Å². The molecule has 0 radical (unpaired) electrons. The van der Waals surface area contributed by atoms with Gasteiger partial charge in [-0.25, -0.2) is 9.97 Å². The molecule has 0 saturated heterocycles. The van der Waals surface area contributed by atoms with Gasteiger partial charge in [-0.3, -0.25) is 4.79 Å². The second kappa shape index (κ2) is 3.98. The predicted molar refractivity (Wildman–Crippen MR) is 47.8 cm³/mol. The summed E-state index contributed by atoms with van der Waals surface area (Å²) >= 11 is 0. The third kappa shape index (κ3) is 2.02. The van der Waals surface area contributed by atoms with E-state index in [2.05, 4.69) is 9.97 Å². The number of aromatic nitrogens is 2. The zero-order chi connectivity index (χ0) is 9.84. The van der Waals surface area contributed by atoms with E-state index in [1.807, 2.05) is 13.8 Å². The molecule has 0 N–H and O–H groups in total. The average molecular weight is 180 g/mol. The zero-order valence-electron chi connectivity index (χ0n) is 7.94. The van der Waals surface area contributed by atoms with E-state index < -0.39 is 0 Å². The molecule has 0 aromatic carbocycles. The molecule has 1 aromatic heterocycles. The van der Waals surface area contributed by atoms with E-state index in [9.17, 15) is 4.79 Å². The lowest BCUT2D eigenvalue weighted by molar-refractivity contribution is 0.0935. The molecule has 0 unspecified atom stereocenters. The Morgan fingerprint density at radius 1 is 1.54 bits per heavy atom. The first-order valence-corrected chi connectivity index (χ1v) is 4.05. The minimum atomic E-state index is -0.0695. The smallest absolute Gasteiger partial charge is 0.227 e. The van der Waals surface area contributed by atoms with Crippen LogP contribution in [-0.2, 0) is 0 Å². The molecule has 4 heteroatoms. The highest BCUT2D eigenvalue weighted by Gasteiger charge is 2.16.